The molecule has 1 aliphatic rings. The SMILES string of the molecule is CC.CN=C(NNC)c1ccc2c(-c3cc4cc(CN5CCN(C(C)=O)CC5)ccc4[nH]3)n[nH]c2c1. The van der Waals surface area contributed by atoms with Crippen molar-refractivity contribution in [3.63, 3.8) is 0 Å². The van der Waals surface area contributed by atoms with Crippen LogP contribution in [0.5, 0.6) is 0 Å². The first-order valence-corrected chi connectivity index (χ1v) is 12.5. The average Bonchev–Trinajstić information content (AvgIpc) is 3.52. The van der Waals surface area contributed by atoms with Crippen LogP contribution in [0.4, 0.5) is 0 Å². The van der Waals surface area contributed by atoms with Gasteiger partial charge in [-0.05, 0) is 35.9 Å². The standard InChI is InChI=1S/C25H30N8O.C2H6/c1-16(34)33-10-8-32(9-11-33)15-17-4-7-21-19(12-17)14-23(28-21)24-20-6-5-18(13-22(20)29-30-24)25(26-2)31-27-3;1-2/h4-7,12-14,27-28H,8-11,15H2,1-3H3,(H,26,31)(H,29,30);1-2H3. The van der Waals surface area contributed by atoms with Crippen LogP contribution in [0.1, 0.15) is 31.9 Å². The van der Waals surface area contributed by atoms with Crippen molar-refractivity contribution in [2.24, 2.45) is 4.99 Å². The largest absolute Gasteiger partial charge is 0.353 e. The fourth-order valence-corrected chi connectivity index (χ4v) is 4.63. The lowest BCUT2D eigenvalue weighted by atomic mass is 10.1. The Morgan fingerprint density at radius 1 is 1.06 bits per heavy atom. The molecule has 0 bridgehead atoms. The third-order valence-electron chi connectivity index (χ3n) is 6.47. The smallest absolute Gasteiger partial charge is 0.219 e. The quantitative estimate of drug-likeness (QED) is 0.196. The number of aliphatic imine (C=N–C) groups is 1. The number of H-pyrrole nitrogens is 2. The molecular weight excluding hydrogens is 452 g/mol. The number of carbonyl (C=O) groups excluding carboxylic acids is 1. The molecule has 0 saturated carbocycles. The van der Waals surface area contributed by atoms with Gasteiger partial charge in [-0.1, -0.05) is 26.0 Å². The molecule has 9 nitrogen and oxygen atoms in total. The van der Waals surface area contributed by atoms with Crippen LogP contribution >= 0.6 is 0 Å². The number of fused-ring (bicyclic) bond motifs is 2. The van der Waals surface area contributed by atoms with Gasteiger partial charge in [0.1, 0.15) is 11.5 Å². The number of aromatic nitrogens is 3. The van der Waals surface area contributed by atoms with Gasteiger partial charge in [-0.3, -0.25) is 19.8 Å². The highest BCUT2D eigenvalue weighted by Gasteiger charge is 2.19. The van der Waals surface area contributed by atoms with Gasteiger partial charge in [-0.2, -0.15) is 5.10 Å². The molecule has 3 heterocycles. The lowest BCUT2D eigenvalue weighted by Crippen LogP contribution is -2.47. The van der Waals surface area contributed by atoms with E-state index >= 15 is 0 Å². The van der Waals surface area contributed by atoms with Crippen LogP contribution in [-0.2, 0) is 11.3 Å². The van der Waals surface area contributed by atoms with Crippen LogP contribution in [0.15, 0.2) is 47.5 Å². The van der Waals surface area contributed by atoms with Crippen molar-refractivity contribution in [1.29, 1.82) is 0 Å². The number of rotatable bonds is 5. The first-order chi connectivity index (χ1) is 17.6. The molecule has 4 N–H and O–H groups in total. The van der Waals surface area contributed by atoms with E-state index in [9.17, 15) is 4.79 Å². The van der Waals surface area contributed by atoms with E-state index in [-0.39, 0.29) is 5.91 Å². The molecule has 1 saturated heterocycles. The van der Waals surface area contributed by atoms with Crippen molar-refractivity contribution in [2.45, 2.75) is 27.3 Å². The molecule has 4 aromatic rings. The van der Waals surface area contributed by atoms with Crippen LogP contribution < -0.4 is 10.9 Å². The maximum absolute atomic E-state index is 11.6. The zero-order valence-electron chi connectivity index (χ0n) is 21.8. The van der Waals surface area contributed by atoms with Gasteiger partial charge >= 0.3 is 0 Å². The van der Waals surface area contributed by atoms with Crippen molar-refractivity contribution in [2.75, 3.05) is 40.3 Å². The van der Waals surface area contributed by atoms with Crippen LogP contribution in [0.3, 0.4) is 0 Å². The Labute approximate surface area is 211 Å². The lowest BCUT2D eigenvalue weighted by molar-refractivity contribution is -0.130. The van der Waals surface area contributed by atoms with Crippen LogP contribution in [0.25, 0.3) is 33.2 Å². The van der Waals surface area contributed by atoms with Crippen LogP contribution in [0, 0.1) is 0 Å². The van der Waals surface area contributed by atoms with Crippen molar-refractivity contribution in [3.05, 3.63) is 53.6 Å². The van der Waals surface area contributed by atoms with Gasteiger partial charge in [0.25, 0.3) is 0 Å². The molecule has 190 valence electrons. The summed E-state index contributed by atoms with van der Waals surface area (Å²) in [4.78, 5) is 23.7. The number of nitrogens with one attached hydrogen (secondary N) is 4. The third kappa shape index (κ3) is 5.27. The number of amidine groups is 1. The number of piperazine rings is 1. The molecule has 2 aromatic carbocycles. The molecule has 0 spiro atoms. The highest BCUT2D eigenvalue weighted by atomic mass is 16.2. The molecular formula is C27H36N8O. The fourth-order valence-electron chi connectivity index (χ4n) is 4.63. The van der Waals surface area contributed by atoms with Crippen LogP contribution in [0.2, 0.25) is 0 Å². The first kappa shape index (κ1) is 25.4. The van der Waals surface area contributed by atoms with E-state index in [0.29, 0.717) is 0 Å². The number of aromatic amines is 2. The van der Waals surface area contributed by atoms with Crippen LogP contribution in [-0.4, -0.2) is 77.0 Å². The maximum atomic E-state index is 11.6. The van der Waals surface area contributed by atoms with E-state index in [1.807, 2.05) is 37.9 Å². The highest BCUT2D eigenvalue weighted by molar-refractivity contribution is 6.03. The van der Waals surface area contributed by atoms with Gasteiger partial charge in [-0.25, -0.2) is 5.43 Å². The molecule has 0 radical (unpaired) electrons. The minimum Gasteiger partial charge on any atom is -0.353 e. The average molecular weight is 489 g/mol. The molecule has 9 heteroatoms. The summed E-state index contributed by atoms with van der Waals surface area (Å²) in [6, 6.07) is 14.9. The molecule has 5 rings (SSSR count). The fraction of sp³-hybridized carbons (Fsp3) is 0.370. The number of benzene rings is 2. The number of carbonyl (C=O) groups is 1. The highest BCUT2D eigenvalue weighted by Crippen LogP contribution is 2.30. The molecule has 0 aliphatic carbocycles. The van der Waals surface area contributed by atoms with E-state index in [1.165, 1.54) is 10.9 Å². The summed E-state index contributed by atoms with van der Waals surface area (Å²) in [5, 5.41) is 9.98. The summed E-state index contributed by atoms with van der Waals surface area (Å²) < 4.78 is 0. The first-order valence-electron chi connectivity index (χ1n) is 12.5. The predicted molar refractivity (Wildman–Crippen MR) is 147 cm³/mol. The van der Waals surface area contributed by atoms with E-state index in [1.54, 1.807) is 14.0 Å². The second-order valence-corrected chi connectivity index (χ2v) is 8.67. The third-order valence-corrected chi connectivity index (χ3v) is 6.47. The van der Waals surface area contributed by atoms with Crippen molar-refractivity contribution in [1.82, 2.24) is 35.8 Å². The number of amides is 1. The molecule has 0 atom stereocenters. The number of hydrogen-bond donors (Lipinski definition) is 4. The van der Waals surface area contributed by atoms with Gasteiger partial charge in [-0.15, -0.1) is 0 Å². The molecule has 2 aromatic heterocycles. The van der Waals surface area contributed by atoms with E-state index < -0.39 is 0 Å². The monoisotopic (exact) mass is 488 g/mol. The van der Waals surface area contributed by atoms with E-state index in [0.717, 1.165) is 71.9 Å². The zero-order chi connectivity index (χ0) is 25.7. The van der Waals surface area contributed by atoms with Crippen molar-refractivity contribution < 1.29 is 4.79 Å². The van der Waals surface area contributed by atoms with E-state index in [2.05, 4.69) is 66.3 Å². The molecule has 1 fully saturated rings. The Kier molecular flexibility index (Phi) is 8.02. The molecule has 36 heavy (non-hydrogen) atoms. The lowest BCUT2D eigenvalue weighted by Gasteiger charge is -2.34. The molecule has 0 unspecified atom stereocenters. The summed E-state index contributed by atoms with van der Waals surface area (Å²) in [5.41, 5.74) is 12.1. The Morgan fingerprint density at radius 3 is 2.53 bits per heavy atom. The number of hydrazine groups is 1. The Balaban J connectivity index is 0.00000148. The minimum absolute atomic E-state index is 0.164. The predicted octanol–water partition coefficient (Wildman–Crippen LogP) is 3.50. The summed E-state index contributed by atoms with van der Waals surface area (Å²) in [7, 11) is 3.57. The van der Waals surface area contributed by atoms with Gasteiger partial charge in [0.2, 0.25) is 5.91 Å². The molecule has 1 aliphatic heterocycles. The van der Waals surface area contributed by atoms with Crippen molar-refractivity contribution >= 4 is 33.5 Å². The summed E-state index contributed by atoms with van der Waals surface area (Å²) in [6.45, 7) is 9.95. The summed E-state index contributed by atoms with van der Waals surface area (Å²) in [5.74, 6) is 0.929. The normalized spacial score (nSPS) is 14.7. The zero-order valence-corrected chi connectivity index (χ0v) is 21.8. The second-order valence-electron chi connectivity index (χ2n) is 8.67. The Bertz CT molecular complexity index is 1360. The number of hydrogen-bond acceptors (Lipinski definition) is 5. The number of nitrogens with zero attached hydrogens (tertiary/aromatic N) is 4. The summed E-state index contributed by atoms with van der Waals surface area (Å²) >= 11 is 0. The summed E-state index contributed by atoms with van der Waals surface area (Å²) in [6.07, 6.45) is 0. The van der Waals surface area contributed by atoms with E-state index in [4.69, 9.17) is 0 Å². The van der Waals surface area contributed by atoms with Gasteiger partial charge < -0.3 is 15.3 Å². The maximum Gasteiger partial charge on any atom is 0.219 e. The Morgan fingerprint density at radius 2 is 1.83 bits per heavy atom. The molecule has 1 amide bonds. The van der Waals surface area contributed by atoms with Gasteiger partial charge in [0.15, 0.2) is 0 Å². The van der Waals surface area contributed by atoms with Gasteiger partial charge in [0, 0.05) is 75.6 Å². The Hall–Kier alpha value is -3.69. The van der Waals surface area contributed by atoms with Crippen molar-refractivity contribution in [3.8, 4) is 11.4 Å². The second kappa shape index (κ2) is 11.4. The minimum atomic E-state index is 0.164. The van der Waals surface area contributed by atoms with Gasteiger partial charge in [0.05, 0.1) is 11.2 Å². The topological polar surface area (TPSA) is 104 Å².